The van der Waals surface area contributed by atoms with Crippen molar-refractivity contribution in [2.75, 3.05) is 0 Å². The van der Waals surface area contributed by atoms with E-state index in [-0.39, 0.29) is 0 Å². The Balaban J connectivity index is 2.93. The first-order valence-corrected chi connectivity index (χ1v) is 8.54. The van der Waals surface area contributed by atoms with E-state index in [1.165, 1.54) is 0 Å². The Bertz CT molecular complexity index is 245. The van der Waals surface area contributed by atoms with Gasteiger partial charge in [-0.2, -0.15) is 39.5 Å². The van der Waals surface area contributed by atoms with Crippen molar-refractivity contribution >= 4 is 27.9 Å². The standard InChI is InChI=1S/C3H3F9O3Si3/c4-1(5,6)16-13-17(2(7,8)9)15-18(14-16)3(10,11)12/h16-18H. The van der Waals surface area contributed by atoms with Crippen LogP contribution in [0, 0.1) is 0 Å². The highest BCUT2D eigenvalue weighted by atomic mass is 28.5. The fourth-order valence-electron chi connectivity index (χ4n) is 0.896. The van der Waals surface area contributed by atoms with Crippen molar-refractivity contribution in [2.24, 2.45) is 0 Å². The molecule has 0 radical (unpaired) electrons. The van der Waals surface area contributed by atoms with E-state index in [9.17, 15) is 39.5 Å². The molecule has 1 saturated heterocycles. The Morgan fingerprint density at radius 1 is 0.444 bits per heavy atom. The Labute approximate surface area is 98.0 Å². The minimum atomic E-state index is -5.35. The van der Waals surface area contributed by atoms with Crippen molar-refractivity contribution in [1.82, 2.24) is 0 Å². The van der Waals surface area contributed by atoms with E-state index in [4.69, 9.17) is 0 Å². The summed E-state index contributed by atoms with van der Waals surface area (Å²) >= 11 is 0. The molecular formula is C3H3F9O3Si3. The molecule has 1 fully saturated rings. The Kier molecular flexibility index (Phi) is 4.24. The molecule has 18 heavy (non-hydrogen) atoms. The van der Waals surface area contributed by atoms with Gasteiger partial charge >= 0.3 is 45.3 Å². The molecule has 1 aliphatic heterocycles. The molecule has 15 heteroatoms. The first-order chi connectivity index (χ1) is 7.82. The highest BCUT2D eigenvalue weighted by Crippen LogP contribution is 2.34. The minimum absolute atomic E-state index is 3.56. The average molecular weight is 342 g/mol. The van der Waals surface area contributed by atoms with E-state index in [1.54, 1.807) is 0 Å². The molecule has 0 bridgehead atoms. The van der Waals surface area contributed by atoms with Gasteiger partial charge in [-0.05, 0) is 0 Å². The highest BCUT2D eigenvalue weighted by Gasteiger charge is 2.63. The van der Waals surface area contributed by atoms with Crippen LogP contribution < -0.4 is 0 Å². The summed E-state index contributed by atoms with van der Waals surface area (Å²) in [4.78, 5) is 0. The molecule has 0 N–H and O–H groups in total. The number of rotatable bonds is 0. The van der Waals surface area contributed by atoms with Crippen LogP contribution in [0.3, 0.4) is 0 Å². The largest absolute Gasteiger partial charge is 0.425 e. The van der Waals surface area contributed by atoms with Crippen LogP contribution in [-0.4, -0.2) is 45.3 Å². The number of alkyl halides is 9. The smallest absolute Gasteiger partial charge is 0.409 e. The molecule has 0 aliphatic carbocycles. The fourth-order valence-corrected chi connectivity index (χ4v) is 9.80. The maximum atomic E-state index is 12.1. The van der Waals surface area contributed by atoms with E-state index in [1.807, 2.05) is 0 Å². The van der Waals surface area contributed by atoms with Crippen molar-refractivity contribution in [1.29, 1.82) is 0 Å². The normalized spacial score (nSPS) is 31.5. The van der Waals surface area contributed by atoms with Gasteiger partial charge in [0.25, 0.3) is 0 Å². The second-order valence-corrected chi connectivity index (χ2v) is 10.3. The number of halogens is 9. The SMILES string of the molecule is FC(F)(F)[SiH]1O[SiH](C(F)(F)F)O[SiH](C(F)(F)F)O1. The third-order valence-electron chi connectivity index (χ3n) is 1.54. The van der Waals surface area contributed by atoms with Gasteiger partial charge in [0.15, 0.2) is 0 Å². The van der Waals surface area contributed by atoms with Crippen molar-refractivity contribution in [3.8, 4) is 0 Å². The van der Waals surface area contributed by atoms with Crippen molar-refractivity contribution in [3.05, 3.63) is 0 Å². The maximum Gasteiger partial charge on any atom is 0.425 e. The zero-order valence-electron chi connectivity index (χ0n) is 7.86. The zero-order chi connectivity index (χ0) is 14.4. The van der Waals surface area contributed by atoms with Crippen LogP contribution >= 0.6 is 0 Å². The highest BCUT2D eigenvalue weighted by molar-refractivity contribution is 6.75. The fraction of sp³-hybridized carbons (Fsp3) is 1.00. The molecule has 0 atom stereocenters. The van der Waals surface area contributed by atoms with E-state index in [0.29, 0.717) is 0 Å². The summed E-state index contributed by atoms with van der Waals surface area (Å²) in [6.45, 7) is 0. The van der Waals surface area contributed by atoms with Crippen molar-refractivity contribution in [3.63, 3.8) is 0 Å². The van der Waals surface area contributed by atoms with Gasteiger partial charge in [-0.3, -0.25) is 0 Å². The molecular weight excluding hydrogens is 339 g/mol. The summed E-state index contributed by atoms with van der Waals surface area (Å²) in [5.74, 6) is -16.1. The second-order valence-electron chi connectivity index (χ2n) is 3.03. The number of hydrogen-bond donors (Lipinski definition) is 0. The van der Waals surface area contributed by atoms with Gasteiger partial charge in [-0.15, -0.1) is 0 Å². The molecule has 3 nitrogen and oxygen atoms in total. The first kappa shape index (κ1) is 16.0. The topological polar surface area (TPSA) is 27.7 Å². The van der Waals surface area contributed by atoms with Gasteiger partial charge in [0.05, 0.1) is 0 Å². The van der Waals surface area contributed by atoms with Crippen molar-refractivity contribution < 1.29 is 51.9 Å². The van der Waals surface area contributed by atoms with Gasteiger partial charge in [-0.25, -0.2) is 0 Å². The maximum absolute atomic E-state index is 12.1. The van der Waals surface area contributed by atoms with Gasteiger partial charge in [0.2, 0.25) is 0 Å². The average Bonchev–Trinajstić information content (AvgIpc) is 2.13. The van der Waals surface area contributed by atoms with Gasteiger partial charge < -0.3 is 12.3 Å². The van der Waals surface area contributed by atoms with Gasteiger partial charge in [0.1, 0.15) is 0 Å². The van der Waals surface area contributed by atoms with Crippen LogP contribution in [0.4, 0.5) is 39.5 Å². The summed E-state index contributed by atoms with van der Waals surface area (Å²) in [6.07, 6.45) is 0. The minimum Gasteiger partial charge on any atom is -0.409 e. The molecule has 108 valence electrons. The molecule has 0 amide bonds. The van der Waals surface area contributed by atoms with E-state index in [0.717, 1.165) is 0 Å². The lowest BCUT2D eigenvalue weighted by Gasteiger charge is -2.35. The summed E-state index contributed by atoms with van der Waals surface area (Å²) < 4.78 is 120. The molecule has 1 heterocycles. The lowest BCUT2D eigenvalue weighted by Crippen LogP contribution is -2.63. The molecule has 0 aromatic heterocycles. The third kappa shape index (κ3) is 3.95. The summed E-state index contributed by atoms with van der Waals surface area (Å²) in [5.41, 5.74) is 0. The lowest BCUT2D eigenvalue weighted by atomic mass is 11.5. The second kappa shape index (κ2) is 4.78. The van der Waals surface area contributed by atoms with E-state index < -0.39 is 45.3 Å². The zero-order valence-corrected chi connectivity index (χ0v) is 11.3. The number of hydrogen-bond acceptors (Lipinski definition) is 3. The monoisotopic (exact) mass is 342 g/mol. The molecule has 0 spiro atoms. The van der Waals surface area contributed by atoms with Crippen LogP contribution in [0.2, 0.25) is 0 Å². The van der Waals surface area contributed by atoms with Gasteiger partial charge in [-0.1, -0.05) is 0 Å². The predicted octanol–water partition coefficient (Wildman–Crippen LogP) is 1.02. The Hall–Kier alpha value is -0.0994. The third-order valence-corrected chi connectivity index (χ3v) is 9.08. The van der Waals surface area contributed by atoms with Crippen LogP contribution in [0.1, 0.15) is 0 Å². The molecule has 0 aromatic carbocycles. The molecule has 0 saturated carbocycles. The Morgan fingerprint density at radius 3 is 0.722 bits per heavy atom. The van der Waals surface area contributed by atoms with Crippen LogP contribution in [0.25, 0.3) is 0 Å². The molecule has 0 aromatic rings. The summed E-state index contributed by atoms with van der Waals surface area (Å²) in [7, 11) is -15.2. The summed E-state index contributed by atoms with van der Waals surface area (Å²) in [5, 5.41) is 0. The van der Waals surface area contributed by atoms with Crippen LogP contribution in [-0.2, 0) is 12.3 Å². The molecule has 1 aliphatic rings. The van der Waals surface area contributed by atoms with E-state index in [2.05, 4.69) is 12.3 Å². The molecule has 0 unspecified atom stereocenters. The van der Waals surface area contributed by atoms with E-state index >= 15 is 0 Å². The summed E-state index contributed by atoms with van der Waals surface area (Å²) in [6, 6.07) is 0. The first-order valence-electron chi connectivity index (χ1n) is 3.98. The predicted molar refractivity (Wildman–Crippen MR) is 42.9 cm³/mol. The van der Waals surface area contributed by atoms with Crippen molar-refractivity contribution in [2.45, 2.75) is 17.4 Å². The quantitative estimate of drug-likeness (QED) is 0.486. The Morgan fingerprint density at radius 2 is 0.611 bits per heavy atom. The lowest BCUT2D eigenvalue weighted by molar-refractivity contribution is -0.113. The molecule has 1 rings (SSSR count). The van der Waals surface area contributed by atoms with Crippen LogP contribution in [0.5, 0.6) is 0 Å². The van der Waals surface area contributed by atoms with Gasteiger partial charge in [0, 0.05) is 0 Å². The van der Waals surface area contributed by atoms with Crippen LogP contribution in [0.15, 0.2) is 0 Å².